The van der Waals surface area contributed by atoms with E-state index in [9.17, 15) is 0 Å². The number of H-pyrrole nitrogens is 1. The van der Waals surface area contributed by atoms with Crippen molar-refractivity contribution in [2.75, 3.05) is 26.4 Å². The first kappa shape index (κ1) is 8.16. The minimum absolute atomic E-state index is 0.778. The maximum Gasteiger partial charge on any atom is 0.0701 e. The van der Waals surface area contributed by atoms with Gasteiger partial charge in [0.15, 0.2) is 0 Å². The summed E-state index contributed by atoms with van der Waals surface area (Å²) < 4.78 is 9.89. The summed E-state index contributed by atoms with van der Waals surface area (Å²) in [4.78, 5) is 0. The Hall–Kier alpha value is -0.940. The van der Waals surface area contributed by atoms with Crippen LogP contribution in [-0.2, 0) is 9.47 Å². The van der Waals surface area contributed by atoms with Crippen molar-refractivity contribution < 1.29 is 9.47 Å². The fraction of sp³-hybridized carbons (Fsp3) is 0.667. The summed E-state index contributed by atoms with van der Waals surface area (Å²) in [6.45, 7) is 3.11. The lowest BCUT2D eigenvalue weighted by Gasteiger charge is -2.09. The number of rotatable bonds is 0. The molecule has 2 rings (SSSR count). The van der Waals surface area contributed by atoms with Crippen LogP contribution in [0.2, 0.25) is 0 Å². The van der Waals surface area contributed by atoms with Crippen LogP contribution in [0.15, 0.2) is 12.4 Å². The van der Waals surface area contributed by atoms with Crippen LogP contribution in [0, 0.1) is 0 Å². The van der Waals surface area contributed by atoms with Gasteiger partial charge in [-0.2, -0.15) is 15.4 Å². The van der Waals surface area contributed by atoms with Gasteiger partial charge in [-0.1, -0.05) is 0 Å². The number of nitrogens with one attached hydrogen (secondary N) is 1. The van der Waals surface area contributed by atoms with Gasteiger partial charge in [0.25, 0.3) is 0 Å². The van der Waals surface area contributed by atoms with E-state index in [2.05, 4.69) is 15.4 Å². The molecule has 0 bridgehead atoms. The molecule has 5 nitrogen and oxygen atoms in total. The zero-order chi connectivity index (χ0) is 7.78. The lowest BCUT2D eigenvalue weighted by Crippen LogP contribution is -2.16. The zero-order valence-electron chi connectivity index (χ0n) is 6.19. The van der Waals surface area contributed by atoms with Crippen molar-refractivity contribution in [1.29, 1.82) is 0 Å². The number of hydrogen-bond acceptors (Lipinski definition) is 4. The third-order valence-electron chi connectivity index (χ3n) is 1.08. The van der Waals surface area contributed by atoms with Crippen LogP contribution in [0.25, 0.3) is 0 Å². The summed E-state index contributed by atoms with van der Waals surface area (Å²) in [7, 11) is 0. The van der Waals surface area contributed by atoms with Crippen LogP contribution in [0.1, 0.15) is 0 Å². The molecule has 1 aromatic heterocycles. The van der Waals surface area contributed by atoms with Crippen LogP contribution >= 0.6 is 0 Å². The second kappa shape index (κ2) is 5.82. The lowest BCUT2D eigenvalue weighted by molar-refractivity contribution is -0.0334. The monoisotopic (exact) mass is 157 g/mol. The van der Waals surface area contributed by atoms with Gasteiger partial charge in [0.2, 0.25) is 0 Å². The SMILES string of the molecule is C1COCCO1.c1cn[nH]n1. The van der Waals surface area contributed by atoms with Crippen molar-refractivity contribution in [3.05, 3.63) is 12.4 Å². The summed E-state index contributed by atoms with van der Waals surface area (Å²) in [5.41, 5.74) is 0. The van der Waals surface area contributed by atoms with Crippen LogP contribution in [0.5, 0.6) is 0 Å². The Balaban J connectivity index is 0.000000112. The third-order valence-corrected chi connectivity index (χ3v) is 1.08. The topological polar surface area (TPSA) is 60.0 Å². The van der Waals surface area contributed by atoms with Gasteiger partial charge in [-0.15, -0.1) is 0 Å². The summed E-state index contributed by atoms with van der Waals surface area (Å²) in [5, 5.41) is 9.33. The van der Waals surface area contributed by atoms with Crippen LogP contribution in [0.3, 0.4) is 0 Å². The molecule has 0 aromatic carbocycles. The van der Waals surface area contributed by atoms with Crippen molar-refractivity contribution in [3.8, 4) is 0 Å². The number of aromatic nitrogens is 3. The van der Waals surface area contributed by atoms with E-state index < -0.39 is 0 Å². The first-order valence-corrected chi connectivity index (χ1v) is 3.45. The zero-order valence-corrected chi connectivity index (χ0v) is 6.19. The molecule has 1 aliphatic heterocycles. The molecule has 0 unspecified atom stereocenters. The van der Waals surface area contributed by atoms with Crippen molar-refractivity contribution in [1.82, 2.24) is 15.4 Å². The van der Waals surface area contributed by atoms with Gasteiger partial charge in [0.1, 0.15) is 0 Å². The summed E-state index contributed by atoms with van der Waals surface area (Å²) in [6.07, 6.45) is 3.17. The van der Waals surface area contributed by atoms with E-state index >= 15 is 0 Å². The molecule has 1 fully saturated rings. The van der Waals surface area contributed by atoms with E-state index in [-0.39, 0.29) is 0 Å². The second-order valence-corrected chi connectivity index (χ2v) is 1.88. The highest BCUT2D eigenvalue weighted by atomic mass is 16.6. The Morgan fingerprint density at radius 3 is 1.55 bits per heavy atom. The van der Waals surface area contributed by atoms with E-state index in [1.807, 2.05) is 0 Å². The smallest absolute Gasteiger partial charge is 0.0701 e. The Morgan fingerprint density at radius 1 is 0.909 bits per heavy atom. The van der Waals surface area contributed by atoms with Crippen LogP contribution in [0.4, 0.5) is 0 Å². The predicted octanol–water partition coefficient (Wildman–Crippen LogP) is -0.162. The van der Waals surface area contributed by atoms with Crippen molar-refractivity contribution in [2.45, 2.75) is 0 Å². The molecule has 0 aliphatic carbocycles. The summed E-state index contributed by atoms with van der Waals surface area (Å²) >= 11 is 0. The van der Waals surface area contributed by atoms with Gasteiger partial charge in [-0.25, -0.2) is 0 Å². The molecule has 1 N–H and O–H groups in total. The Bertz CT molecular complexity index is 122. The van der Waals surface area contributed by atoms with Crippen molar-refractivity contribution in [2.24, 2.45) is 0 Å². The van der Waals surface area contributed by atoms with Gasteiger partial charge in [0, 0.05) is 0 Å². The molecule has 1 saturated heterocycles. The fourth-order valence-corrected chi connectivity index (χ4v) is 0.606. The first-order valence-electron chi connectivity index (χ1n) is 3.45. The van der Waals surface area contributed by atoms with Crippen molar-refractivity contribution >= 4 is 0 Å². The van der Waals surface area contributed by atoms with Crippen molar-refractivity contribution in [3.63, 3.8) is 0 Å². The molecular weight excluding hydrogens is 146 g/mol. The molecule has 0 saturated carbocycles. The van der Waals surface area contributed by atoms with Crippen LogP contribution < -0.4 is 0 Å². The van der Waals surface area contributed by atoms with Gasteiger partial charge < -0.3 is 9.47 Å². The van der Waals surface area contributed by atoms with E-state index in [1.165, 1.54) is 0 Å². The Kier molecular flexibility index (Phi) is 4.31. The predicted molar refractivity (Wildman–Crippen MR) is 38.0 cm³/mol. The average molecular weight is 157 g/mol. The quantitative estimate of drug-likeness (QED) is 0.568. The minimum atomic E-state index is 0.778. The molecular formula is C6H11N3O2. The highest BCUT2D eigenvalue weighted by molar-refractivity contribution is 4.54. The summed E-state index contributed by atoms with van der Waals surface area (Å²) in [5.74, 6) is 0. The number of aromatic amines is 1. The third kappa shape index (κ3) is 4.46. The Morgan fingerprint density at radius 2 is 1.36 bits per heavy atom. The van der Waals surface area contributed by atoms with Gasteiger partial charge in [-0.05, 0) is 0 Å². The molecule has 0 amide bonds. The normalized spacial score (nSPS) is 16.7. The second-order valence-electron chi connectivity index (χ2n) is 1.88. The highest BCUT2D eigenvalue weighted by Crippen LogP contribution is 1.85. The fourth-order valence-electron chi connectivity index (χ4n) is 0.606. The molecule has 5 heteroatoms. The largest absolute Gasteiger partial charge is 0.377 e. The Labute approximate surface area is 64.7 Å². The number of hydrogen-bond donors (Lipinski definition) is 1. The molecule has 11 heavy (non-hydrogen) atoms. The lowest BCUT2D eigenvalue weighted by atomic mass is 10.6. The van der Waals surface area contributed by atoms with Gasteiger partial charge >= 0.3 is 0 Å². The molecule has 0 spiro atoms. The standard InChI is InChI=1S/C4H8O2.C2H3N3/c1-2-6-4-3-5-1;1-2-4-5-3-1/h1-4H2;1-2H,(H,3,4,5). The van der Waals surface area contributed by atoms with Gasteiger partial charge in [-0.3, -0.25) is 0 Å². The molecule has 0 atom stereocenters. The highest BCUT2D eigenvalue weighted by Gasteiger charge is 1.94. The van der Waals surface area contributed by atoms with E-state index in [0.717, 1.165) is 26.4 Å². The molecule has 62 valence electrons. The average Bonchev–Trinajstić information content (AvgIpc) is 2.64. The van der Waals surface area contributed by atoms with E-state index in [1.54, 1.807) is 12.4 Å². The number of nitrogens with zero attached hydrogens (tertiary/aromatic N) is 2. The van der Waals surface area contributed by atoms with E-state index in [0.29, 0.717) is 0 Å². The molecule has 1 aromatic rings. The summed E-state index contributed by atoms with van der Waals surface area (Å²) in [6, 6.07) is 0. The number of ether oxygens (including phenoxy) is 2. The van der Waals surface area contributed by atoms with Gasteiger partial charge in [0.05, 0.1) is 38.8 Å². The maximum atomic E-state index is 4.94. The minimum Gasteiger partial charge on any atom is -0.377 e. The molecule has 2 heterocycles. The van der Waals surface area contributed by atoms with E-state index in [4.69, 9.17) is 9.47 Å². The first-order chi connectivity index (χ1) is 5.50. The molecule has 1 aliphatic rings. The van der Waals surface area contributed by atoms with Crippen LogP contribution in [-0.4, -0.2) is 41.8 Å². The maximum absolute atomic E-state index is 4.94. The molecule has 0 radical (unpaired) electrons.